The summed E-state index contributed by atoms with van der Waals surface area (Å²) < 4.78 is 4.95. The third kappa shape index (κ3) is 3.91. The van der Waals surface area contributed by atoms with Crippen LogP contribution in [0.4, 0.5) is 10.6 Å². The molecule has 122 valence electrons. The highest BCUT2D eigenvalue weighted by Crippen LogP contribution is 2.14. The molecule has 8 heteroatoms. The van der Waals surface area contributed by atoms with E-state index in [2.05, 4.69) is 20.6 Å². The number of urea groups is 1. The summed E-state index contributed by atoms with van der Waals surface area (Å²) in [6, 6.07) is 1.55. The molecule has 1 saturated heterocycles. The summed E-state index contributed by atoms with van der Waals surface area (Å²) in [4.78, 5) is 32.4. The normalized spacial score (nSPS) is 17.7. The molecule has 0 aromatic carbocycles. The molecule has 3 heterocycles. The lowest BCUT2D eigenvalue weighted by atomic mass is 10.1. The van der Waals surface area contributed by atoms with Gasteiger partial charge in [-0.3, -0.25) is 4.79 Å². The maximum atomic E-state index is 12.0. The lowest BCUT2D eigenvalue weighted by molar-refractivity contribution is 0.234. The van der Waals surface area contributed by atoms with Crippen LogP contribution in [-0.4, -0.2) is 35.1 Å². The molecule has 2 aromatic rings. The lowest BCUT2D eigenvalue weighted by Gasteiger charge is -2.33. The number of piperidine rings is 1. The van der Waals surface area contributed by atoms with E-state index >= 15 is 0 Å². The molecule has 8 nitrogen and oxygen atoms in total. The van der Waals surface area contributed by atoms with Crippen LogP contribution in [0.15, 0.2) is 40.2 Å². The van der Waals surface area contributed by atoms with Crippen molar-refractivity contribution in [1.82, 2.24) is 20.6 Å². The predicted octanol–water partition coefficient (Wildman–Crippen LogP) is 0.831. The first-order valence-electron chi connectivity index (χ1n) is 7.56. The molecule has 3 N–H and O–H groups in total. The van der Waals surface area contributed by atoms with Crippen LogP contribution in [0.5, 0.6) is 0 Å². The maximum absolute atomic E-state index is 12.0. The summed E-state index contributed by atoms with van der Waals surface area (Å²) in [6.07, 6.45) is 8.00. The van der Waals surface area contributed by atoms with Crippen molar-refractivity contribution in [2.45, 2.75) is 25.4 Å². The molecule has 1 aliphatic rings. The quantitative estimate of drug-likeness (QED) is 0.775. The Morgan fingerprint density at radius 3 is 3.22 bits per heavy atom. The smallest absolute Gasteiger partial charge is 0.315 e. The Balaban J connectivity index is 1.53. The van der Waals surface area contributed by atoms with E-state index in [-0.39, 0.29) is 17.6 Å². The highest BCUT2D eigenvalue weighted by atomic mass is 16.3. The number of anilines is 1. The zero-order chi connectivity index (χ0) is 16.1. The number of H-pyrrole nitrogens is 1. The van der Waals surface area contributed by atoms with Gasteiger partial charge in [-0.15, -0.1) is 0 Å². The van der Waals surface area contributed by atoms with Crippen molar-refractivity contribution in [3.8, 4) is 0 Å². The highest BCUT2D eigenvalue weighted by Gasteiger charge is 2.23. The summed E-state index contributed by atoms with van der Waals surface area (Å²) in [6.45, 7) is 1.74. The minimum absolute atomic E-state index is 0.0190. The third-order valence-electron chi connectivity index (χ3n) is 3.78. The van der Waals surface area contributed by atoms with Crippen molar-refractivity contribution < 1.29 is 9.21 Å². The SMILES string of the molecule is O=C(NCc1ccoc1)N[C@H]1CCCN(c2ncc[nH]c2=O)C1. The molecule has 0 aliphatic carbocycles. The molecular formula is C15H19N5O3. The van der Waals surface area contributed by atoms with Gasteiger partial charge in [0.25, 0.3) is 5.56 Å². The standard InChI is InChI=1S/C15H19N5O3/c21-14-13(16-4-5-17-14)20-6-1-2-12(9-20)19-15(22)18-8-11-3-7-23-10-11/h3-5,7,10,12H,1-2,6,8-9H2,(H,17,21)(H2,18,19,22)/t12-/m0/s1. The summed E-state index contributed by atoms with van der Waals surface area (Å²) >= 11 is 0. The Kier molecular flexibility index (Phi) is 4.60. The zero-order valence-corrected chi connectivity index (χ0v) is 12.6. The Hall–Kier alpha value is -2.77. The van der Waals surface area contributed by atoms with Crippen LogP contribution in [0.25, 0.3) is 0 Å². The molecule has 0 radical (unpaired) electrons. The molecule has 23 heavy (non-hydrogen) atoms. The number of hydrogen-bond acceptors (Lipinski definition) is 5. The number of aromatic amines is 1. The van der Waals surface area contributed by atoms with Gasteiger partial charge in [0, 0.05) is 43.6 Å². The van der Waals surface area contributed by atoms with Crippen LogP contribution >= 0.6 is 0 Å². The first kappa shape index (κ1) is 15.1. The number of amides is 2. The van der Waals surface area contributed by atoms with E-state index in [9.17, 15) is 9.59 Å². The van der Waals surface area contributed by atoms with Gasteiger partial charge in [0.2, 0.25) is 0 Å². The number of nitrogens with one attached hydrogen (secondary N) is 3. The molecule has 1 fully saturated rings. The molecule has 0 bridgehead atoms. The highest BCUT2D eigenvalue weighted by molar-refractivity contribution is 5.74. The fourth-order valence-corrected chi connectivity index (χ4v) is 2.67. The van der Waals surface area contributed by atoms with E-state index in [1.54, 1.807) is 24.8 Å². The van der Waals surface area contributed by atoms with Crippen molar-refractivity contribution in [3.05, 3.63) is 46.9 Å². The van der Waals surface area contributed by atoms with Crippen LogP contribution in [-0.2, 0) is 6.54 Å². The second-order valence-corrected chi connectivity index (χ2v) is 5.49. The summed E-state index contributed by atoms with van der Waals surface area (Å²) in [7, 11) is 0. The Morgan fingerprint density at radius 1 is 1.52 bits per heavy atom. The van der Waals surface area contributed by atoms with Gasteiger partial charge in [-0.05, 0) is 18.9 Å². The van der Waals surface area contributed by atoms with Crippen LogP contribution in [0, 0.1) is 0 Å². The predicted molar refractivity (Wildman–Crippen MR) is 84.2 cm³/mol. The second-order valence-electron chi connectivity index (χ2n) is 5.49. The molecule has 0 spiro atoms. The number of carbonyl (C=O) groups is 1. The van der Waals surface area contributed by atoms with Crippen molar-refractivity contribution in [2.24, 2.45) is 0 Å². The summed E-state index contributed by atoms with van der Waals surface area (Å²) in [5.41, 5.74) is 0.697. The van der Waals surface area contributed by atoms with E-state index in [0.29, 0.717) is 18.9 Å². The van der Waals surface area contributed by atoms with Crippen molar-refractivity contribution in [1.29, 1.82) is 0 Å². The van der Waals surface area contributed by atoms with Gasteiger partial charge in [-0.1, -0.05) is 0 Å². The van der Waals surface area contributed by atoms with Crippen molar-refractivity contribution >= 4 is 11.8 Å². The van der Waals surface area contributed by atoms with Gasteiger partial charge >= 0.3 is 6.03 Å². The zero-order valence-electron chi connectivity index (χ0n) is 12.6. The van der Waals surface area contributed by atoms with E-state index in [4.69, 9.17) is 4.42 Å². The molecule has 2 aromatic heterocycles. The van der Waals surface area contributed by atoms with E-state index in [1.807, 2.05) is 4.90 Å². The number of rotatable bonds is 4. The van der Waals surface area contributed by atoms with E-state index < -0.39 is 0 Å². The number of carbonyl (C=O) groups excluding carboxylic acids is 1. The monoisotopic (exact) mass is 317 g/mol. The van der Waals surface area contributed by atoms with Crippen molar-refractivity contribution in [2.75, 3.05) is 18.0 Å². The van der Waals surface area contributed by atoms with Crippen LogP contribution < -0.4 is 21.1 Å². The number of furan rings is 1. The Morgan fingerprint density at radius 2 is 2.43 bits per heavy atom. The van der Waals surface area contributed by atoms with E-state index in [1.165, 1.54) is 6.20 Å². The minimum Gasteiger partial charge on any atom is -0.472 e. The van der Waals surface area contributed by atoms with Crippen LogP contribution in [0.1, 0.15) is 18.4 Å². The van der Waals surface area contributed by atoms with Crippen LogP contribution in [0.2, 0.25) is 0 Å². The topological polar surface area (TPSA) is 103 Å². The number of nitrogens with zero attached hydrogens (tertiary/aromatic N) is 2. The number of aromatic nitrogens is 2. The van der Waals surface area contributed by atoms with Gasteiger partial charge in [-0.25, -0.2) is 9.78 Å². The lowest BCUT2D eigenvalue weighted by Crippen LogP contribution is -2.51. The minimum atomic E-state index is -0.229. The maximum Gasteiger partial charge on any atom is 0.315 e. The molecule has 3 rings (SSSR count). The largest absolute Gasteiger partial charge is 0.472 e. The van der Waals surface area contributed by atoms with Gasteiger partial charge in [0.1, 0.15) is 0 Å². The second kappa shape index (κ2) is 6.99. The van der Waals surface area contributed by atoms with Gasteiger partial charge in [0.15, 0.2) is 5.82 Å². The Labute approximate surface area is 132 Å². The number of hydrogen-bond donors (Lipinski definition) is 3. The molecule has 1 atom stereocenters. The van der Waals surface area contributed by atoms with Gasteiger partial charge < -0.3 is 24.9 Å². The first-order chi connectivity index (χ1) is 11.2. The summed E-state index contributed by atoms with van der Waals surface area (Å²) in [5.74, 6) is 0.401. The summed E-state index contributed by atoms with van der Waals surface area (Å²) in [5, 5.41) is 5.72. The molecule has 0 saturated carbocycles. The molecule has 2 amide bonds. The third-order valence-corrected chi connectivity index (χ3v) is 3.78. The fourth-order valence-electron chi connectivity index (χ4n) is 2.67. The Bertz CT molecular complexity index is 697. The van der Waals surface area contributed by atoms with Crippen molar-refractivity contribution in [3.63, 3.8) is 0 Å². The molecular weight excluding hydrogens is 298 g/mol. The van der Waals surface area contributed by atoms with E-state index in [0.717, 1.165) is 24.9 Å². The average Bonchev–Trinajstić information content (AvgIpc) is 3.07. The van der Waals surface area contributed by atoms with Crippen LogP contribution in [0.3, 0.4) is 0 Å². The fraction of sp³-hybridized carbons (Fsp3) is 0.400. The van der Waals surface area contributed by atoms with Gasteiger partial charge in [-0.2, -0.15) is 0 Å². The first-order valence-corrected chi connectivity index (χ1v) is 7.56. The molecule has 1 aliphatic heterocycles. The van der Waals surface area contributed by atoms with Gasteiger partial charge in [0.05, 0.1) is 12.5 Å². The molecule has 0 unspecified atom stereocenters. The average molecular weight is 317 g/mol.